The van der Waals surface area contributed by atoms with E-state index in [1.54, 1.807) is 11.8 Å². The third kappa shape index (κ3) is 3.29. The first-order valence-electron chi connectivity index (χ1n) is 4.99. The molecule has 1 aliphatic carbocycles. The van der Waals surface area contributed by atoms with Gasteiger partial charge in [-0.3, -0.25) is 9.59 Å². The van der Waals surface area contributed by atoms with Gasteiger partial charge in [-0.1, -0.05) is 6.08 Å². The SMILES string of the molecule is C=CCSCCC(=O)C1CCCC1=O. The average molecular weight is 212 g/mol. The van der Waals surface area contributed by atoms with E-state index in [9.17, 15) is 9.59 Å². The van der Waals surface area contributed by atoms with Crippen LogP contribution in [0.1, 0.15) is 25.7 Å². The molecule has 0 saturated heterocycles. The van der Waals surface area contributed by atoms with Crippen molar-refractivity contribution in [3.05, 3.63) is 12.7 Å². The maximum absolute atomic E-state index is 11.6. The minimum atomic E-state index is -0.265. The second-order valence-electron chi connectivity index (χ2n) is 3.49. The van der Waals surface area contributed by atoms with Crippen molar-refractivity contribution >= 4 is 23.3 Å². The van der Waals surface area contributed by atoms with E-state index < -0.39 is 0 Å². The average Bonchev–Trinajstić information content (AvgIpc) is 2.59. The van der Waals surface area contributed by atoms with Crippen LogP contribution < -0.4 is 0 Å². The zero-order valence-corrected chi connectivity index (χ0v) is 9.15. The van der Waals surface area contributed by atoms with E-state index in [2.05, 4.69) is 6.58 Å². The number of hydrogen-bond donors (Lipinski definition) is 0. The number of ketones is 2. The molecule has 0 bridgehead atoms. The maximum Gasteiger partial charge on any atom is 0.144 e. The zero-order valence-electron chi connectivity index (χ0n) is 8.33. The maximum atomic E-state index is 11.6. The summed E-state index contributed by atoms with van der Waals surface area (Å²) in [5, 5.41) is 0. The van der Waals surface area contributed by atoms with Gasteiger partial charge in [-0.15, -0.1) is 6.58 Å². The lowest BCUT2D eigenvalue weighted by molar-refractivity contribution is -0.130. The quantitative estimate of drug-likeness (QED) is 0.384. The van der Waals surface area contributed by atoms with Crippen LogP contribution in [0.25, 0.3) is 0 Å². The van der Waals surface area contributed by atoms with Crippen molar-refractivity contribution in [3.8, 4) is 0 Å². The number of carbonyl (C=O) groups excluding carboxylic acids is 2. The highest BCUT2D eigenvalue weighted by Gasteiger charge is 2.29. The first-order valence-corrected chi connectivity index (χ1v) is 6.15. The normalized spacial score (nSPS) is 21.1. The predicted octanol–water partition coefficient (Wildman–Crippen LogP) is 2.23. The van der Waals surface area contributed by atoms with Gasteiger partial charge in [-0.2, -0.15) is 11.8 Å². The predicted molar refractivity (Wildman–Crippen MR) is 59.5 cm³/mol. The Hall–Kier alpha value is -0.570. The molecule has 0 aromatic heterocycles. The molecule has 3 heteroatoms. The Morgan fingerprint density at radius 2 is 2.43 bits per heavy atom. The molecule has 1 saturated carbocycles. The van der Waals surface area contributed by atoms with E-state index in [0.717, 1.165) is 24.3 Å². The zero-order chi connectivity index (χ0) is 10.4. The highest BCUT2D eigenvalue weighted by molar-refractivity contribution is 7.99. The molecule has 1 unspecified atom stereocenters. The van der Waals surface area contributed by atoms with Gasteiger partial charge in [0, 0.05) is 24.3 Å². The Bertz CT molecular complexity index is 235. The second-order valence-corrected chi connectivity index (χ2v) is 4.64. The summed E-state index contributed by atoms with van der Waals surface area (Å²) in [6.07, 6.45) is 4.65. The van der Waals surface area contributed by atoms with Gasteiger partial charge < -0.3 is 0 Å². The molecule has 2 nitrogen and oxygen atoms in total. The van der Waals surface area contributed by atoms with E-state index in [-0.39, 0.29) is 17.5 Å². The van der Waals surface area contributed by atoms with Crippen molar-refractivity contribution < 1.29 is 9.59 Å². The molecule has 78 valence electrons. The van der Waals surface area contributed by atoms with Crippen LogP contribution in [0, 0.1) is 5.92 Å². The van der Waals surface area contributed by atoms with Crippen LogP contribution in [0.3, 0.4) is 0 Å². The van der Waals surface area contributed by atoms with Crippen LogP contribution >= 0.6 is 11.8 Å². The largest absolute Gasteiger partial charge is 0.299 e. The molecule has 0 aliphatic heterocycles. The summed E-state index contributed by atoms with van der Waals surface area (Å²) < 4.78 is 0. The van der Waals surface area contributed by atoms with Crippen LogP contribution in [0.2, 0.25) is 0 Å². The number of hydrogen-bond acceptors (Lipinski definition) is 3. The van der Waals surface area contributed by atoms with E-state index in [1.165, 1.54) is 0 Å². The Labute approximate surface area is 89.1 Å². The van der Waals surface area contributed by atoms with Crippen molar-refractivity contribution in [3.63, 3.8) is 0 Å². The summed E-state index contributed by atoms with van der Waals surface area (Å²) in [4.78, 5) is 22.8. The molecule has 0 radical (unpaired) electrons. The summed E-state index contributed by atoms with van der Waals surface area (Å²) in [5.41, 5.74) is 0. The molecule has 1 fully saturated rings. The van der Waals surface area contributed by atoms with Crippen LogP contribution in [-0.2, 0) is 9.59 Å². The number of Topliss-reactive ketones (excluding diaryl/α,β-unsaturated/α-hetero) is 2. The molecule has 1 aliphatic rings. The van der Waals surface area contributed by atoms with Gasteiger partial charge in [0.1, 0.15) is 11.6 Å². The van der Waals surface area contributed by atoms with Gasteiger partial charge >= 0.3 is 0 Å². The fourth-order valence-corrected chi connectivity index (χ4v) is 2.35. The molecule has 0 aromatic carbocycles. The Morgan fingerprint density at radius 1 is 1.64 bits per heavy atom. The molecule has 0 amide bonds. The van der Waals surface area contributed by atoms with Crippen LogP contribution in [0.15, 0.2) is 12.7 Å². The molecule has 0 spiro atoms. The Morgan fingerprint density at radius 3 is 3.00 bits per heavy atom. The first-order chi connectivity index (χ1) is 6.75. The third-order valence-electron chi connectivity index (χ3n) is 2.42. The summed E-state index contributed by atoms with van der Waals surface area (Å²) >= 11 is 1.69. The van der Waals surface area contributed by atoms with Crippen molar-refractivity contribution in [1.82, 2.24) is 0 Å². The molecule has 0 N–H and O–H groups in total. The van der Waals surface area contributed by atoms with Crippen molar-refractivity contribution in [1.29, 1.82) is 0 Å². The van der Waals surface area contributed by atoms with Crippen LogP contribution in [-0.4, -0.2) is 23.1 Å². The van der Waals surface area contributed by atoms with Crippen LogP contribution in [0.4, 0.5) is 0 Å². The number of rotatable bonds is 6. The summed E-state index contributed by atoms with van der Waals surface area (Å²) in [6.45, 7) is 3.61. The smallest absolute Gasteiger partial charge is 0.144 e. The fourth-order valence-electron chi connectivity index (χ4n) is 1.67. The number of carbonyl (C=O) groups is 2. The lowest BCUT2D eigenvalue weighted by atomic mass is 10.00. The standard InChI is InChI=1S/C11H16O2S/c1-2-7-14-8-6-11(13)9-4-3-5-10(9)12/h2,9H,1,3-8H2. The summed E-state index contributed by atoms with van der Waals surface area (Å²) in [5.74, 6) is 1.73. The molecular formula is C11H16O2S. The molecule has 0 heterocycles. The van der Waals surface area contributed by atoms with Crippen molar-refractivity contribution in [2.75, 3.05) is 11.5 Å². The van der Waals surface area contributed by atoms with Gasteiger partial charge in [0.25, 0.3) is 0 Å². The van der Waals surface area contributed by atoms with Gasteiger partial charge in [0.2, 0.25) is 0 Å². The molecule has 1 atom stereocenters. The van der Waals surface area contributed by atoms with Gasteiger partial charge in [0.15, 0.2) is 0 Å². The molecule has 1 rings (SSSR count). The highest BCUT2D eigenvalue weighted by atomic mass is 32.2. The topological polar surface area (TPSA) is 34.1 Å². The lowest BCUT2D eigenvalue weighted by Gasteiger charge is -2.05. The Kier molecular flexibility index (Phi) is 4.94. The molecular weight excluding hydrogens is 196 g/mol. The second kappa shape index (κ2) is 6.02. The fraction of sp³-hybridized carbons (Fsp3) is 0.636. The van der Waals surface area contributed by atoms with Gasteiger partial charge in [0.05, 0.1) is 5.92 Å². The van der Waals surface area contributed by atoms with Crippen LogP contribution in [0.5, 0.6) is 0 Å². The van der Waals surface area contributed by atoms with E-state index in [4.69, 9.17) is 0 Å². The van der Waals surface area contributed by atoms with Gasteiger partial charge in [-0.05, 0) is 12.8 Å². The van der Waals surface area contributed by atoms with Crippen molar-refractivity contribution in [2.24, 2.45) is 5.92 Å². The molecule has 14 heavy (non-hydrogen) atoms. The highest BCUT2D eigenvalue weighted by Crippen LogP contribution is 2.23. The molecule has 0 aromatic rings. The van der Waals surface area contributed by atoms with Crippen molar-refractivity contribution in [2.45, 2.75) is 25.7 Å². The number of thioether (sulfide) groups is 1. The monoisotopic (exact) mass is 212 g/mol. The van der Waals surface area contributed by atoms with E-state index >= 15 is 0 Å². The minimum Gasteiger partial charge on any atom is -0.299 e. The van der Waals surface area contributed by atoms with Gasteiger partial charge in [-0.25, -0.2) is 0 Å². The Balaban J connectivity index is 2.20. The summed E-state index contributed by atoms with van der Waals surface area (Å²) in [6, 6.07) is 0. The third-order valence-corrected chi connectivity index (χ3v) is 3.39. The van der Waals surface area contributed by atoms with E-state index in [1.807, 2.05) is 6.08 Å². The summed E-state index contributed by atoms with van der Waals surface area (Å²) in [7, 11) is 0. The first kappa shape index (κ1) is 11.5. The lowest BCUT2D eigenvalue weighted by Crippen LogP contribution is -2.18. The van der Waals surface area contributed by atoms with E-state index in [0.29, 0.717) is 12.8 Å². The minimum absolute atomic E-state index is 0.143.